The molecule has 0 aliphatic carbocycles. The average molecular weight is 420 g/mol. The summed E-state index contributed by atoms with van der Waals surface area (Å²) >= 11 is 7.17. The van der Waals surface area contributed by atoms with Crippen LogP contribution in [-0.4, -0.2) is 38.2 Å². The Morgan fingerprint density at radius 3 is 2.43 bits per heavy atom. The zero-order chi connectivity index (χ0) is 15.2. The molecule has 3 nitrogen and oxygen atoms in total. The molecule has 21 heavy (non-hydrogen) atoms. The monoisotopic (exact) mass is 418 g/mol. The van der Waals surface area contributed by atoms with Crippen LogP contribution in [0.5, 0.6) is 5.75 Å². The standard InChI is InChI=1S/C16H24Br2N2O/c1-3-21-16-14(17)8-13(9-15(16)18)11-19-10-12-4-6-20(2)7-5-12/h8-9,12,19H,3-7,10-11H2,1-2H3. The first-order valence-electron chi connectivity index (χ1n) is 7.60. The number of hydrogen-bond acceptors (Lipinski definition) is 3. The van der Waals surface area contributed by atoms with Crippen molar-refractivity contribution in [2.45, 2.75) is 26.3 Å². The van der Waals surface area contributed by atoms with Gasteiger partial charge in [0, 0.05) is 6.54 Å². The van der Waals surface area contributed by atoms with Gasteiger partial charge < -0.3 is 15.0 Å². The number of benzene rings is 1. The Morgan fingerprint density at radius 1 is 1.24 bits per heavy atom. The van der Waals surface area contributed by atoms with Gasteiger partial charge in [-0.25, -0.2) is 0 Å². The van der Waals surface area contributed by atoms with Crippen molar-refractivity contribution in [1.29, 1.82) is 0 Å². The molecule has 0 spiro atoms. The second kappa shape index (κ2) is 8.51. The first-order chi connectivity index (χ1) is 10.1. The van der Waals surface area contributed by atoms with E-state index in [2.05, 4.69) is 61.3 Å². The minimum Gasteiger partial charge on any atom is -0.492 e. The smallest absolute Gasteiger partial charge is 0.147 e. The number of nitrogens with zero attached hydrogens (tertiary/aromatic N) is 1. The van der Waals surface area contributed by atoms with E-state index < -0.39 is 0 Å². The molecule has 1 aliphatic heterocycles. The molecule has 2 rings (SSSR count). The Balaban J connectivity index is 1.83. The van der Waals surface area contributed by atoms with Crippen LogP contribution in [0.15, 0.2) is 21.1 Å². The molecular weight excluding hydrogens is 396 g/mol. The van der Waals surface area contributed by atoms with Crippen molar-refractivity contribution in [1.82, 2.24) is 10.2 Å². The summed E-state index contributed by atoms with van der Waals surface area (Å²) in [7, 11) is 2.21. The highest BCUT2D eigenvalue weighted by molar-refractivity contribution is 9.11. The Hall–Kier alpha value is -0.100. The zero-order valence-corrected chi connectivity index (χ0v) is 16.0. The Bertz CT molecular complexity index is 437. The average Bonchev–Trinajstić information content (AvgIpc) is 2.45. The van der Waals surface area contributed by atoms with Crippen LogP contribution in [0.1, 0.15) is 25.3 Å². The van der Waals surface area contributed by atoms with Crippen molar-refractivity contribution in [2.75, 3.05) is 33.3 Å². The van der Waals surface area contributed by atoms with E-state index in [0.717, 1.165) is 33.7 Å². The van der Waals surface area contributed by atoms with Crippen LogP contribution >= 0.6 is 31.9 Å². The quantitative estimate of drug-likeness (QED) is 0.752. The van der Waals surface area contributed by atoms with Crippen molar-refractivity contribution >= 4 is 31.9 Å². The second-order valence-electron chi connectivity index (χ2n) is 5.70. The second-order valence-corrected chi connectivity index (χ2v) is 7.41. The molecule has 5 heteroatoms. The highest BCUT2D eigenvalue weighted by Crippen LogP contribution is 2.34. The highest BCUT2D eigenvalue weighted by atomic mass is 79.9. The van der Waals surface area contributed by atoms with Gasteiger partial charge in [0.05, 0.1) is 15.6 Å². The number of nitrogens with one attached hydrogen (secondary N) is 1. The first kappa shape index (κ1) is 17.3. The van der Waals surface area contributed by atoms with Gasteiger partial charge in [-0.2, -0.15) is 0 Å². The maximum atomic E-state index is 5.61. The Labute approximate surface area is 144 Å². The van der Waals surface area contributed by atoms with Gasteiger partial charge in [-0.1, -0.05) is 0 Å². The normalized spacial score (nSPS) is 17.1. The predicted molar refractivity (Wildman–Crippen MR) is 94.9 cm³/mol. The zero-order valence-electron chi connectivity index (χ0n) is 12.8. The van der Waals surface area contributed by atoms with E-state index in [9.17, 15) is 0 Å². The SMILES string of the molecule is CCOc1c(Br)cc(CNCC2CCN(C)CC2)cc1Br. The van der Waals surface area contributed by atoms with E-state index in [1.54, 1.807) is 0 Å². The van der Waals surface area contributed by atoms with E-state index in [1.165, 1.54) is 31.5 Å². The van der Waals surface area contributed by atoms with Gasteiger partial charge in [-0.15, -0.1) is 0 Å². The molecule has 1 aromatic rings. The minimum atomic E-state index is 0.672. The van der Waals surface area contributed by atoms with Crippen LogP contribution in [0.2, 0.25) is 0 Å². The van der Waals surface area contributed by atoms with E-state index in [4.69, 9.17) is 4.74 Å². The molecule has 1 fully saturated rings. The summed E-state index contributed by atoms with van der Waals surface area (Å²) in [6, 6.07) is 4.27. The predicted octanol–water partition coefficient (Wildman–Crippen LogP) is 4.04. The van der Waals surface area contributed by atoms with Gasteiger partial charge in [0.2, 0.25) is 0 Å². The molecular formula is C16H24Br2N2O. The third kappa shape index (κ3) is 5.23. The fraction of sp³-hybridized carbons (Fsp3) is 0.625. The third-order valence-corrected chi connectivity index (χ3v) is 5.13. The minimum absolute atomic E-state index is 0.672. The van der Waals surface area contributed by atoms with E-state index in [0.29, 0.717) is 6.61 Å². The largest absolute Gasteiger partial charge is 0.492 e. The van der Waals surface area contributed by atoms with E-state index in [1.807, 2.05) is 6.92 Å². The third-order valence-electron chi connectivity index (χ3n) is 3.95. The number of ether oxygens (including phenoxy) is 1. The van der Waals surface area contributed by atoms with Gasteiger partial charge in [0.15, 0.2) is 0 Å². The van der Waals surface area contributed by atoms with Gasteiger partial charge in [-0.05, 0) is 102 Å². The lowest BCUT2D eigenvalue weighted by molar-refractivity contribution is 0.216. The highest BCUT2D eigenvalue weighted by Gasteiger charge is 2.16. The summed E-state index contributed by atoms with van der Waals surface area (Å²) in [5.74, 6) is 1.70. The van der Waals surface area contributed by atoms with Crippen molar-refractivity contribution in [3.63, 3.8) is 0 Å². The topological polar surface area (TPSA) is 24.5 Å². The summed E-state index contributed by atoms with van der Waals surface area (Å²) in [5, 5.41) is 3.59. The first-order valence-corrected chi connectivity index (χ1v) is 9.18. The lowest BCUT2D eigenvalue weighted by Crippen LogP contribution is -2.34. The molecule has 0 aromatic heterocycles. The van der Waals surface area contributed by atoms with Gasteiger partial charge >= 0.3 is 0 Å². The molecule has 1 saturated heterocycles. The molecule has 1 aliphatic rings. The number of hydrogen-bond donors (Lipinski definition) is 1. The van der Waals surface area contributed by atoms with E-state index >= 15 is 0 Å². The summed E-state index contributed by atoms with van der Waals surface area (Å²) in [5.41, 5.74) is 1.27. The fourth-order valence-electron chi connectivity index (χ4n) is 2.68. The van der Waals surface area contributed by atoms with Crippen LogP contribution in [0.4, 0.5) is 0 Å². The molecule has 1 aromatic carbocycles. The Morgan fingerprint density at radius 2 is 1.86 bits per heavy atom. The van der Waals surface area contributed by atoms with Gasteiger partial charge in [0.25, 0.3) is 0 Å². The summed E-state index contributed by atoms with van der Waals surface area (Å²) < 4.78 is 7.63. The molecule has 0 bridgehead atoms. The fourth-order valence-corrected chi connectivity index (χ4v) is 4.19. The molecule has 0 atom stereocenters. The number of rotatable bonds is 6. The lowest BCUT2D eigenvalue weighted by atomic mass is 9.97. The molecule has 0 amide bonds. The van der Waals surface area contributed by atoms with Crippen molar-refractivity contribution in [3.8, 4) is 5.75 Å². The molecule has 1 N–H and O–H groups in total. The Kier molecular flexibility index (Phi) is 6.99. The number of piperidine rings is 1. The molecule has 0 unspecified atom stereocenters. The molecule has 0 saturated carbocycles. The van der Waals surface area contributed by atoms with Crippen LogP contribution in [0.25, 0.3) is 0 Å². The van der Waals surface area contributed by atoms with Gasteiger partial charge in [0.1, 0.15) is 5.75 Å². The van der Waals surface area contributed by atoms with E-state index in [-0.39, 0.29) is 0 Å². The molecule has 0 radical (unpaired) electrons. The number of likely N-dealkylation sites (tertiary alicyclic amines) is 1. The summed E-state index contributed by atoms with van der Waals surface area (Å²) in [4.78, 5) is 2.41. The van der Waals surface area contributed by atoms with Crippen LogP contribution in [0, 0.1) is 5.92 Å². The summed E-state index contributed by atoms with van der Waals surface area (Å²) in [6.45, 7) is 7.13. The van der Waals surface area contributed by atoms with Crippen molar-refractivity contribution in [3.05, 3.63) is 26.6 Å². The number of halogens is 2. The summed E-state index contributed by atoms with van der Waals surface area (Å²) in [6.07, 6.45) is 2.61. The van der Waals surface area contributed by atoms with Crippen molar-refractivity contribution in [2.24, 2.45) is 5.92 Å². The van der Waals surface area contributed by atoms with Crippen LogP contribution in [0.3, 0.4) is 0 Å². The lowest BCUT2D eigenvalue weighted by Gasteiger charge is -2.29. The maximum absolute atomic E-state index is 5.61. The molecule has 1 heterocycles. The van der Waals surface area contributed by atoms with Crippen LogP contribution < -0.4 is 10.1 Å². The van der Waals surface area contributed by atoms with Crippen molar-refractivity contribution < 1.29 is 4.74 Å². The van der Waals surface area contributed by atoms with Gasteiger partial charge in [-0.3, -0.25) is 0 Å². The maximum Gasteiger partial charge on any atom is 0.147 e. The van der Waals surface area contributed by atoms with Crippen LogP contribution in [-0.2, 0) is 6.54 Å². The molecule has 118 valence electrons.